The molecule has 0 saturated carbocycles. The predicted molar refractivity (Wildman–Crippen MR) is 74.6 cm³/mol. The molecular formula is C14H23NO4. The van der Waals surface area contributed by atoms with Crippen LogP contribution in [0.2, 0.25) is 0 Å². The lowest BCUT2D eigenvalue weighted by molar-refractivity contribution is 0.177. The number of nitrogens with one attached hydrogen (secondary N) is 1. The van der Waals surface area contributed by atoms with E-state index in [1.165, 1.54) is 0 Å². The Bertz CT molecular complexity index is 389. The second-order valence-corrected chi connectivity index (χ2v) is 4.16. The Labute approximate surface area is 114 Å². The van der Waals surface area contributed by atoms with Gasteiger partial charge < -0.3 is 24.3 Å². The lowest BCUT2D eigenvalue weighted by atomic mass is 9.98. The Hall–Kier alpha value is -1.46. The summed E-state index contributed by atoms with van der Waals surface area (Å²) in [6.45, 7) is 1.40. The maximum atomic E-state index is 5.44. The Kier molecular flexibility index (Phi) is 6.45. The number of methoxy groups -OCH3 is 4. The first kappa shape index (κ1) is 15.6. The summed E-state index contributed by atoms with van der Waals surface area (Å²) in [5, 5.41) is 3.16. The molecule has 0 aliphatic rings. The van der Waals surface area contributed by atoms with Gasteiger partial charge in [0.2, 0.25) is 0 Å². The topological polar surface area (TPSA) is 49.0 Å². The number of hydrogen-bond acceptors (Lipinski definition) is 5. The normalized spacial score (nSPS) is 12.1. The number of likely N-dealkylation sites (N-methyl/N-ethyl adjacent to an activating group) is 1. The highest BCUT2D eigenvalue weighted by molar-refractivity contribution is 5.52. The van der Waals surface area contributed by atoms with Gasteiger partial charge in [0.15, 0.2) is 11.5 Å². The van der Waals surface area contributed by atoms with Crippen molar-refractivity contribution in [2.75, 3.05) is 48.6 Å². The van der Waals surface area contributed by atoms with Gasteiger partial charge >= 0.3 is 0 Å². The molecule has 0 aromatic heterocycles. The van der Waals surface area contributed by atoms with Crippen molar-refractivity contribution in [2.45, 2.75) is 5.92 Å². The zero-order valence-electron chi connectivity index (χ0n) is 12.3. The highest BCUT2D eigenvalue weighted by Gasteiger charge is 2.19. The third-order valence-electron chi connectivity index (χ3n) is 2.99. The van der Waals surface area contributed by atoms with Gasteiger partial charge in [0.25, 0.3) is 0 Å². The standard InChI is InChI=1S/C14H23NO4/c1-15-8-10(9-16-2)11-6-13(18-4)14(19-5)7-12(11)17-3/h6-7,10,15H,8-9H2,1-5H3. The summed E-state index contributed by atoms with van der Waals surface area (Å²) in [5.74, 6) is 2.30. The third kappa shape index (κ3) is 3.75. The third-order valence-corrected chi connectivity index (χ3v) is 2.99. The first-order valence-electron chi connectivity index (χ1n) is 6.15. The lowest BCUT2D eigenvalue weighted by Crippen LogP contribution is -2.21. The van der Waals surface area contributed by atoms with Crippen molar-refractivity contribution in [3.63, 3.8) is 0 Å². The Morgan fingerprint density at radius 3 is 2.00 bits per heavy atom. The Morgan fingerprint density at radius 1 is 0.947 bits per heavy atom. The van der Waals surface area contributed by atoms with Crippen LogP contribution in [0.15, 0.2) is 12.1 Å². The summed E-state index contributed by atoms with van der Waals surface area (Å²) < 4.78 is 21.3. The van der Waals surface area contributed by atoms with Crippen molar-refractivity contribution in [3.05, 3.63) is 17.7 Å². The molecule has 0 amide bonds. The number of rotatable bonds is 8. The van der Waals surface area contributed by atoms with Gasteiger partial charge in [-0.15, -0.1) is 0 Å². The van der Waals surface area contributed by atoms with Crippen LogP contribution in [0.5, 0.6) is 17.2 Å². The molecule has 0 bridgehead atoms. The average molecular weight is 269 g/mol. The minimum Gasteiger partial charge on any atom is -0.496 e. The zero-order valence-corrected chi connectivity index (χ0v) is 12.3. The second-order valence-electron chi connectivity index (χ2n) is 4.16. The van der Waals surface area contributed by atoms with E-state index in [1.54, 1.807) is 28.4 Å². The molecule has 1 aromatic carbocycles. The van der Waals surface area contributed by atoms with Crippen molar-refractivity contribution in [1.29, 1.82) is 0 Å². The maximum absolute atomic E-state index is 5.44. The molecule has 0 heterocycles. The fraction of sp³-hybridized carbons (Fsp3) is 0.571. The molecule has 5 heteroatoms. The van der Waals surface area contributed by atoms with Crippen LogP contribution in [0, 0.1) is 0 Å². The largest absolute Gasteiger partial charge is 0.496 e. The minimum atomic E-state index is 0.185. The van der Waals surface area contributed by atoms with E-state index in [0.717, 1.165) is 17.9 Å². The van der Waals surface area contributed by atoms with Crippen LogP contribution in [-0.4, -0.2) is 48.6 Å². The summed E-state index contributed by atoms with van der Waals surface area (Å²) in [4.78, 5) is 0. The van der Waals surface area contributed by atoms with E-state index >= 15 is 0 Å². The van der Waals surface area contributed by atoms with E-state index in [-0.39, 0.29) is 5.92 Å². The second kappa shape index (κ2) is 7.86. The van der Waals surface area contributed by atoms with E-state index in [0.29, 0.717) is 18.1 Å². The molecule has 1 atom stereocenters. The molecule has 1 aromatic rings. The molecule has 0 saturated heterocycles. The van der Waals surface area contributed by atoms with Crippen LogP contribution in [0.3, 0.4) is 0 Å². The summed E-state index contributed by atoms with van der Waals surface area (Å²) in [5.41, 5.74) is 1.04. The smallest absolute Gasteiger partial charge is 0.164 e. The fourth-order valence-electron chi connectivity index (χ4n) is 2.08. The van der Waals surface area contributed by atoms with E-state index < -0.39 is 0 Å². The monoisotopic (exact) mass is 269 g/mol. The van der Waals surface area contributed by atoms with Gasteiger partial charge in [0.05, 0.1) is 27.9 Å². The van der Waals surface area contributed by atoms with Crippen molar-refractivity contribution in [3.8, 4) is 17.2 Å². The van der Waals surface area contributed by atoms with Crippen molar-refractivity contribution >= 4 is 0 Å². The molecule has 1 unspecified atom stereocenters. The van der Waals surface area contributed by atoms with Crippen LogP contribution in [-0.2, 0) is 4.74 Å². The number of hydrogen-bond donors (Lipinski definition) is 1. The summed E-state index contributed by atoms with van der Waals surface area (Å²) in [6.07, 6.45) is 0. The van der Waals surface area contributed by atoms with Gasteiger partial charge in [0.1, 0.15) is 5.75 Å². The van der Waals surface area contributed by atoms with Gasteiger partial charge in [-0.05, 0) is 13.1 Å². The minimum absolute atomic E-state index is 0.185. The van der Waals surface area contributed by atoms with Gasteiger partial charge in [-0.3, -0.25) is 0 Å². The summed E-state index contributed by atoms with van der Waals surface area (Å²) in [6, 6.07) is 3.78. The SMILES string of the molecule is CNCC(COC)c1cc(OC)c(OC)cc1OC. The van der Waals surface area contributed by atoms with Crippen LogP contribution >= 0.6 is 0 Å². The maximum Gasteiger partial charge on any atom is 0.164 e. The zero-order chi connectivity index (χ0) is 14.3. The van der Waals surface area contributed by atoms with Gasteiger partial charge in [-0.1, -0.05) is 0 Å². The van der Waals surface area contributed by atoms with Crippen LogP contribution < -0.4 is 19.5 Å². The van der Waals surface area contributed by atoms with Crippen LogP contribution in [0.1, 0.15) is 11.5 Å². The first-order chi connectivity index (χ1) is 9.21. The molecule has 108 valence electrons. The summed E-state index contributed by atoms with van der Waals surface area (Å²) in [7, 11) is 8.48. The predicted octanol–water partition coefficient (Wildman–Crippen LogP) is 1.66. The molecule has 0 aliphatic carbocycles. The van der Waals surface area contributed by atoms with E-state index in [4.69, 9.17) is 18.9 Å². The van der Waals surface area contributed by atoms with E-state index in [1.807, 2.05) is 19.2 Å². The summed E-state index contributed by atoms with van der Waals surface area (Å²) >= 11 is 0. The quantitative estimate of drug-likeness (QED) is 0.778. The number of benzene rings is 1. The average Bonchev–Trinajstić information content (AvgIpc) is 2.45. The fourth-order valence-corrected chi connectivity index (χ4v) is 2.08. The lowest BCUT2D eigenvalue weighted by Gasteiger charge is -2.21. The molecule has 5 nitrogen and oxygen atoms in total. The van der Waals surface area contributed by atoms with Crippen molar-refractivity contribution in [2.24, 2.45) is 0 Å². The molecule has 0 spiro atoms. The van der Waals surface area contributed by atoms with E-state index in [9.17, 15) is 0 Å². The highest BCUT2D eigenvalue weighted by Crippen LogP contribution is 2.38. The molecule has 0 radical (unpaired) electrons. The molecule has 19 heavy (non-hydrogen) atoms. The molecule has 0 aliphatic heterocycles. The number of ether oxygens (including phenoxy) is 4. The van der Waals surface area contributed by atoms with Crippen molar-refractivity contribution < 1.29 is 18.9 Å². The Balaban J connectivity index is 3.21. The van der Waals surface area contributed by atoms with Crippen LogP contribution in [0.25, 0.3) is 0 Å². The van der Waals surface area contributed by atoms with Crippen LogP contribution in [0.4, 0.5) is 0 Å². The molecular weight excluding hydrogens is 246 g/mol. The Morgan fingerprint density at radius 2 is 1.53 bits per heavy atom. The van der Waals surface area contributed by atoms with Gasteiger partial charge in [-0.2, -0.15) is 0 Å². The molecule has 1 rings (SSSR count). The van der Waals surface area contributed by atoms with Gasteiger partial charge in [0, 0.05) is 31.2 Å². The van der Waals surface area contributed by atoms with Crippen molar-refractivity contribution in [1.82, 2.24) is 5.32 Å². The highest BCUT2D eigenvalue weighted by atomic mass is 16.5. The molecule has 0 fully saturated rings. The van der Waals surface area contributed by atoms with Gasteiger partial charge in [-0.25, -0.2) is 0 Å². The van der Waals surface area contributed by atoms with E-state index in [2.05, 4.69) is 5.32 Å². The first-order valence-corrected chi connectivity index (χ1v) is 6.15. The molecule has 1 N–H and O–H groups in total.